The fraction of sp³-hybridized carbons (Fsp3) is 1.00. The minimum atomic E-state index is 0.542. The van der Waals surface area contributed by atoms with Gasteiger partial charge in [0.2, 0.25) is 0 Å². The van der Waals surface area contributed by atoms with Crippen molar-refractivity contribution in [2.75, 3.05) is 19.5 Å². The molecule has 0 bridgehead atoms. The maximum Gasteiger partial charge on any atom is 0.0615 e. The van der Waals surface area contributed by atoms with E-state index in [4.69, 9.17) is 4.74 Å². The first kappa shape index (κ1) is 11.3. The van der Waals surface area contributed by atoms with E-state index >= 15 is 0 Å². The average Bonchev–Trinajstić information content (AvgIpc) is 2.50. The fourth-order valence-corrected chi connectivity index (χ4v) is 2.91. The molecule has 2 nitrogen and oxygen atoms in total. The van der Waals surface area contributed by atoms with Crippen molar-refractivity contribution in [3.8, 4) is 0 Å². The molecule has 1 rings (SSSR count). The van der Waals surface area contributed by atoms with Crippen LogP contribution in [-0.4, -0.2) is 36.8 Å². The van der Waals surface area contributed by atoms with Crippen LogP contribution in [0.25, 0.3) is 0 Å². The van der Waals surface area contributed by atoms with Gasteiger partial charge in [-0.05, 0) is 12.8 Å². The summed E-state index contributed by atoms with van der Waals surface area (Å²) in [6, 6.07) is 1.25. The van der Waals surface area contributed by atoms with Gasteiger partial charge in [0.25, 0.3) is 0 Å². The Labute approximate surface area is 85.8 Å². The number of rotatable bonds is 5. The summed E-state index contributed by atoms with van der Waals surface area (Å²) in [5.74, 6) is 1.27. The van der Waals surface area contributed by atoms with E-state index < -0.39 is 0 Å². The summed E-state index contributed by atoms with van der Waals surface area (Å²) in [7, 11) is 1.77. The van der Waals surface area contributed by atoms with E-state index in [1.165, 1.54) is 12.2 Å². The molecule has 0 aromatic carbocycles. The van der Waals surface area contributed by atoms with Crippen molar-refractivity contribution in [3.63, 3.8) is 0 Å². The number of hydrogen-bond acceptors (Lipinski definition) is 3. The molecule has 3 unspecified atom stereocenters. The van der Waals surface area contributed by atoms with Gasteiger partial charge in [-0.15, -0.1) is 0 Å². The summed E-state index contributed by atoms with van der Waals surface area (Å²) in [5.41, 5.74) is 0. The van der Waals surface area contributed by atoms with Crippen LogP contribution in [0.15, 0.2) is 0 Å². The molecule has 0 amide bonds. The lowest BCUT2D eigenvalue weighted by molar-refractivity contribution is 0.159. The zero-order valence-corrected chi connectivity index (χ0v) is 9.69. The summed E-state index contributed by atoms with van der Waals surface area (Å²) in [4.78, 5) is 0. The summed E-state index contributed by atoms with van der Waals surface area (Å²) in [6.45, 7) is 5.36. The van der Waals surface area contributed by atoms with Gasteiger partial charge in [-0.3, -0.25) is 0 Å². The smallest absolute Gasteiger partial charge is 0.0615 e. The van der Waals surface area contributed by atoms with Crippen LogP contribution in [0, 0.1) is 0 Å². The molecule has 1 fully saturated rings. The second-order valence-corrected chi connectivity index (χ2v) is 5.28. The van der Waals surface area contributed by atoms with Gasteiger partial charge in [-0.1, -0.05) is 13.8 Å². The highest BCUT2D eigenvalue weighted by Gasteiger charge is 2.23. The highest BCUT2D eigenvalue weighted by atomic mass is 32.2. The molecule has 0 aliphatic carbocycles. The first-order valence-electron chi connectivity index (χ1n) is 5.12. The SMILES string of the molecule is CCC(COC)NC1CSC(C)C1. The number of hydrogen-bond donors (Lipinski definition) is 1. The monoisotopic (exact) mass is 203 g/mol. The molecule has 3 atom stereocenters. The molecule has 1 saturated heterocycles. The lowest BCUT2D eigenvalue weighted by Crippen LogP contribution is -2.40. The highest BCUT2D eigenvalue weighted by Crippen LogP contribution is 2.26. The fourth-order valence-electron chi connectivity index (χ4n) is 1.75. The van der Waals surface area contributed by atoms with Crippen LogP contribution >= 0.6 is 11.8 Å². The standard InChI is InChI=1S/C10H21NOS/c1-4-9(6-12-3)11-10-5-8(2)13-7-10/h8-11H,4-7H2,1-3H3. The molecule has 1 aliphatic rings. The molecule has 0 radical (unpaired) electrons. The Morgan fingerprint density at radius 1 is 1.62 bits per heavy atom. The molecular weight excluding hydrogens is 182 g/mol. The van der Waals surface area contributed by atoms with Gasteiger partial charge in [-0.2, -0.15) is 11.8 Å². The Kier molecular flexibility index (Phi) is 5.14. The van der Waals surface area contributed by atoms with Crippen LogP contribution in [0.1, 0.15) is 26.7 Å². The average molecular weight is 203 g/mol. The third kappa shape index (κ3) is 3.88. The van der Waals surface area contributed by atoms with Gasteiger partial charge in [0.1, 0.15) is 0 Å². The predicted octanol–water partition coefficient (Wildman–Crippen LogP) is 1.89. The normalized spacial score (nSPS) is 30.7. The van der Waals surface area contributed by atoms with Gasteiger partial charge in [-0.25, -0.2) is 0 Å². The topological polar surface area (TPSA) is 21.3 Å². The van der Waals surface area contributed by atoms with Crippen LogP contribution in [0.4, 0.5) is 0 Å². The molecule has 1 N–H and O–H groups in total. The molecule has 1 aliphatic heterocycles. The zero-order chi connectivity index (χ0) is 9.68. The van der Waals surface area contributed by atoms with E-state index in [9.17, 15) is 0 Å². The van der Waals surface area contributed by atoms with Crippen molar-refractivity contribution in [2.24, 2.45) is 0 Å². The number of nitrogens with one attached hydrogen (secondary N) is 1. The molecule has 3 heteroatoms. The van der Waals surface area contributed by atoms with E-state index in [0.29, 0.717) is 12.1 Å². The minimum Gasteiger partial charge on any atom is -0.383 e. The molecule has 0 spiro atoms. The van der Waals surface area contributed by atoms with Crippen molar-refractivity contribution in [3.05, 3.63) is 0 Å². The van der Waals surface area contributed by atoms with E-state index in [2.05, 4.69) is 30.9 Å². The van der Waals surface area contributed by atoms with E-state index in [-0.39, 0.29) is 0 Å². The van der Waals surface area contributed by atoms with Crippen molar-refractivity contribution >= 4 is 11.8 Å². The molecular formula is C10H21NOS. The summed E-state index contributed by atoms with van der Waals surface area (Å²) < 4.78 is 5.16. The van der Waals surface area contributed by atoms with Crippen LogP contribution in [-0.2, 0) is 4.74 Å². The largest absolute Gasteiger partial charge is 0.383 e. The van der Waals surface area contributed by atoms with Crippen molar-refractivity contribution in [2.45, 2.75) is 44.0 Å². The van der Waals surface area contributed by atoms with Crippen LogP contribution < -0.4 is 5.32 Å². The Balaban J connectivity index is 2.21. The van der Waals surface area contributed by atoms with Gasteiger partial charge < -0.3 is 10.1 Å². The Bertz CT molecular complexity index is 141. The third-order valence-corrected chi connectivity index (χ3v) is 3.89. The molecule has 78 valence electrons. The predicted molar refractivity (Wildman–Crippen MR) is 59.4 cm³/mol. The number of ether oxygens (including phenoxy) is 1. The first-order chi connectivity index (χ1) is 6.26. The Morgan fingerprint density at radius 3 is 2.85 bits per heavy atom. The second kappa shape index (κ2) is 5.89. The van der Waals surface area contributed by atoms with Crippen LogP contribution in [0.5, 0.6) is 0 Å². The van der Waals surface area contributed by atoms with Gasteiger partial charge >= 0.3 is 0 Å². The minimum absolute atomic E-state index is 0.542. The maximum absolute atomic E-state index is 5.16. The lowest BCUT2D eigenvalue weighted by Gasteiger charge is -2.20. The summed E-state index contributed by atoms with van der Waals surface area (Å²) >= 11 is 2.07. The van der Waals surface area contributed by atoms with Crippen molar-refractivity contribution in [1.29, 1.82) is 0 Å². The van der Waals surface area contributed by atoms with Gasteiger partial charge in [0.15, 0.2) is 0 Å². The molecule has 0 saturated carbocycles. The van der Waals surface area contributed by atoms with E-state index in [1.54, 1.807) is 7.11 Å². The Hall–Kier alpha value is 0.270. The molecule has 0 aromatic rings. The summed E-state index contributed by atoms with van der Waals surface area (Å²) in [5, 5.41) is 4.48. The third-order valence-electron chi connectivity index (χ3n) is 2.53. The van der Waals surface area contributed by atoms with E-state index in [1.807, 2.05) is 0 Å². The van der Waals surface area contributed by atoms with E-state index in [0.717, 1.165) is 18.3 Å². The van der Waals surface area contributed by atoms with Gasteiger partial charge in [0, 0.05) is 30.2 Å². The number of methoxy groups -OCH3 is 1. The van der Waals surface area contributed by atoms with Crippen molar-refractivity contribution in [1.82, 2.24) is 5.32 Å². The van der Waals surface area contributed by atoms with Crippen molar-refractivity contribution < 1.29 is 4.74 Å². The molecule has 0 aromatic heterocycles. The molecule has 1 heterocycles. The number of thioether (sulfide) groups is 1. The Morgan fingerprint density at radius 2 is 2.38 bits per heavy atom. The van der Waals surface area contributed by atoms with Crippen LogP contribution in [0.2, 0.25) is 0 Å². The van der Waals surface area contributed by atoms with Crippen LogP contribution in [0.3, 0.4) is 0 Å². The summed E-state index contributed by atoms with van der Waals surface area (Å²) in [6.07, 6.45) is 2.47. The lowest BCUT2D eigenvalue weighted by atomic mass is 10.1. The zero-order valence-electron chi connectivity index (χ0n) is 8.88. The second-order valence-electron chi connectivity index (χ2n) is 3.80. The highest BCUT2D eigenvalue weighted by molar-refractivity contribution is 8.00. The van der Waals surface area contributed by atoms with Gasteiger partial charge in [0.05, 0.1) is 6.61 Å². The quantitative estimate of drug-likeness (QED) is 0.737. The molecule has 13 heavy (non-hydrogen) atoms. The maximum atomic E-state index is 5.16. The first-order valence-corrected chi connectivity index (χ1v) is 6.17.